The lowest BCUT2D eigenvalue weighted by Gasteiger charge is -1.95. The number of rotatable bonds is 3. The van der Waals surface area contributed by atoms with E-state index in [1.165, 1.54) is 0 Å². The van der Waals surface area contributed by atoms with Crippen LogP contribution in [0, 0.1) is 0 Å². The quantitative estimate of drug-likeness (QED) is 0.834. The number of aryl methyl sites for hydroxylation is 1. The van der Waals surface area contributed by atoms with Gasteiger partial charge in [0.2, 0.25) is 5.89 Å². The molecule has 3 heteroatoms. The molecule has 1 aromatic heterocycles. The zero-order chi connectivity index (χ0) is 10.7. The molecule has 0 atom stereocenters. The molecule has 15 heavy (non-hydrogen) atoms. The van der Waals surface area contributed by atoms with Crippen LogP contribution in [-0.4, -0.2) is 10.1 Å². The molecule has 0 radical (unpaired) electrons. The number of hydrogen-bond donors (Lipinski definition) is 1. The van der Waals surface area contributed by atoms with Gasteiger partial charge in [0.15, 0.2) is 0 Å². The van der Waals surface area contributed by atoms with Crippen LogP contribution in [0.1, 0.15) is 19.1 Å². The fourth-order valence-electron chi connectivity index (χ4n) is 1.41. The van der Waals surface area contributed by atoms with Gasteiger partial charge in [-0.25, -0.2) is 4.98 Å². The second-order valence-corrected chi connectivity index (χ2v) is 3.43. The van der Waals surface area contributed by atoms with Crippen molar-refractivity contribution in [1.82, 2.24) is 4.98 Å². The average Bonchev–Trinajstić information content (AvgIpc) is 2.68. The molecule has 0 aliphatic rings. The number of phenolic OH excluding ortho intramolecular Hbond substituents is 1. The molecule has 0 fully saturated rings. The Bertz CT molecular complexity index is 431. The number of aromatic hydroxyl groups is 1. The van der Waals surface area contributed by atoms with Gasteiger partial charge in [-0.1, -0.05) is 6.92 Å². The van der Waals surface area contributed by atoms with Crippen molar-refractivity contribution in [3.63, 3.8) is 0 Å². The van der Waals surface area contributed by atoms with Gasteiger partial charge in [-0.15, -0.1) is 0 Å². The third-order valence-electron chi connectivity index (χ3n) is 2.16. The van der Waals surface area contributed by atoms with Crippen LogP contribution >= 0.6 is 0 Å². The largest absolute Gasteiger partial charge is 0.508 e. The number of aromatic nitrogens is 1. The van der Waals surface area contributed by atoms with E-state index in [0.717, 1.165) is 24.2 Å². The van der Waals surface area contributed by atoms with Gasteiger partial charge in [-0.3, -0.25) is 0 Å². The molecule has 0 saturated heterocycles. The molecule has 0 bridgehead atoms. The van der Waals surface area contributed by atoms with Gasteiger partial charge < -0.3 is 9.52 Å². The van der Waals surface area contributed by atoms with Gasteiger partial charge in [-0.2, -0.15) is 0 Å². The zero-order valence-corrected chi connectivity index (χ0v) is 8.60. The van der Waals surface area contributed by atoms with Crippen LogP contribution in [-0.2, 0) is 6.42 Å². The molecule has 1 heterocycles. The Kier molecular flexibility index (Phi) is 2.72. The van der Waals surface area contributed by atoms with Crippen LogP contribution < -0.4 is 0 Å². The summed E-state index contributed by atoms with van der Waals surface area (Å²) in [5, 5.41) is 9.14. The van der Waals surface area contributed by atoms with E-state index in [9.17, 15) is 0 Å². The Morgan fingerprint density at radius 3 is 2.67 bits per heavy atom. The lowest BCUT2D eigenvalue weighted by Crippen LogP contribution is -1.76. The van der Waals surface area contributed by atoms with Gasteiger partial charge in [0.05, 0.1) is 6.20 Å². The zero-order valence-electron chi connectivity index (χ0n) is 8.60. The van der Waals surface area contributed by atoms with Crippen LogP contribution in [0.5, 0.6) is 5.75 Å². The second-order valence-electron chi connectivity index (χ2n) is 3.43. The Balaban J connectivity index is 2.25. The summed E-state index contributed by atoms with van der Waals surface area (Å²) in [4.78, 5) is 4.19. The minimum atomic E-state index is 0.249. The van der Waals surface area contributed by atoms with Crippen LogP contribution in [0.3, 0.4) is 0 Å². The highest BCUT2D eigenvalue weighted by molar-refractivity contribution is 5.54. The van der Waals surface area contributed by atoms with Crippen LogP contribution in [0.25, 0.3) is 11.5 Å². The van der Waals surface area contributed by atoms with E-state index in [1.54, 1.807) is 30.5 Å². The van der Waals surface area contributed by atoms with Gasteiger partial charge in [0, 0.05) is 12.0 Å². The molecular weight excluding hydrogens is 190 g/mol. The Morgan fingerprint density at radius 1 is 1.27 bits per heavy atom. The monoisotopic (exact) mass is 203 g/mol. The van der Waals surface area contributed by atoms with Gasteiger partial charge >= 0.3 is 0 Å². The summed E-state index contributed by atoms with van der Waals surface area (Å²) in [6.45, 7) is 2.10. The molecule has 1 N–H and O–H groups in total. The summed E-state index contributed by atoms with van der Waals surface area (Å²) in [5.74, 6) is 1.76. The summed E-state index contributed by atoms with van der Waals surface area (Å²) in [6.07, 6.45) is 3.71. The molecular formula is C12H13NO2. The van der Waals surface area contributed by atoms with Crippen LogP contribution in [0.15, 0.2) is 34.9 Å². The topological polar surface area (TPSA) is 46.3 Å². The predicted octanol–water partition coefficient (Wildman–Crippen LogP) is 3.00. The van der Waals surface area contributed by atoms with Crippen LogP contribution in [0.2, 0.25) is 0 Å². The van der Waals surface area contributed by atoms with E-state index in [1.807, 2.05) is 0 Å². The van der Waals surface area contributed by atoms with Crippen molar-refractivity contribution in [2.75, 3.05) is 0 Å². The van der Waals surface area contributed by atoms with Crippen molar-refractivity contribution in [2.45, 2.75) is 19.8 Å². The van der Waals surface area contributed by atoms with Crippen molar-refractivity contribution in [2.24, 2.45) is 0 Å². The summed E-state index contributed by atoms with van der Waals surface area (Å²) >= 11 is 0. The van der Waals surface area contributed by atoms with Crippen molar-refractivity contribution in [3.05, 3.63) is 36.2 Å². The molecule has 2 aromatic rings. The minimum Gasteiger partial charge on any atom is -0.508 e. The van der Waals surface area contributed by atoms with E-state index in [0.29, 0.717) is 5.89 Å². The number of phenols is 1. The molecule has 2 rings (SSSR count). The fourth-order valence-corrected chi connectivity index (χ4v) is 1.41. The Morgan fingerprint density at radius 2 is 2.00 bits per heavy atom. The number of oxazole rings is 1. The highest BCUT2D eigenvalue weighted by Gasteiger charge is 2.05. The Hall–Kier alpha value is -1.77. The first kappa shape index (κ1) is 9.77. The highest BCUT2D eigenvalue weighted by atomic mass is 16.4. The lowest BCUT2D eigenvalue weighted by atomic mass is 10.2. The van der Waals surface area contributed by atoms with E-state index < -0.39 is 0 Å². The maximum absolute atomic E-state index is 9.14. The third-order valence-corrected chi connectivity index (χ3v) is 2.16. The molecule has 3 nitrogen and oxygen atoms in total. The summed E-state index contributed by atoms with van der Waals surface area (Å²) < 4.78 is 5.56. The Labute approximate surface area is 88.4 Å². The maximum atomic E-state index is 9.14. The van der Waals surface area contributed by atoms with Crippen LogP contribution in [0.4, 0.5) is 0 Å². The smallest absolute Gasteiger partial charge is 0.226 e. The molecule has 1 aromatic carbocycles. The van der Waals surface area contributed by atoms with E-state index >= 15 is 0 Å². The lowest BCUT2D eigenvalue weighted by molar-refractivity contribution is 0.475. The first-order valence-electron chi connectivity index (χ1n) is 5.03. The van der Waals surface area contributed by atoms with Gasteiger partial charge in [0.25, 0.3) is 0 Å². The number of benzene rings is 1. The summed E-state index contributed by atoms with van der Waals surface area (Å²) in [7, 11) is 0. The first-order valence-corrected chi connectivity index (χ1v) is 5.03. The molecule has 0 unspecified atom stereocenters. The van der Waals surface area contributed by atoms with E-state index in [4.69, 9.17) is 9.52 Å². The minimum absolute atomic E-state index is 0.249. The third kappa shape index (κ3) is 2.18. The standard InChI is InChI=1S/C12H13NO2/c1-2-3-11-8-13-12(15-11)9-4-6-10(14)7-5-9/h4-8,14H,2-3H2,1H3. The molecule has 0 amide bonds. The second kappa shape index (κ2) is 4.17. The molecule has 0 saturated carbocycles. The summed E-state index contributed by atoms with van der Waals surface area (Å²) in [6, 6.07) is 6.83. The van der Waals surface area contributed by atoms with Crippen molar-refractivity contribution in [3.8, 4) is 17.2 Å². The van der Waals surface area contributed by atoms with Crippen molar-refractivity contribution < 1.29 is 9.52 Å². The normalized spacial score (nSPS) is 10.5. The first-order chi connectivity index (χ1) is 7.29. The van der Waals surface area contributed by atoms with Crippen molar-refractivity contribution >= 4 is 0 Å². The predicted molar refractivity (Wildman–Crippen MR) is 57.6 cm³/mol. The van der Waals surface area contributed by atoms with Crippen molar-refractivity contribution in [1.29, 1.82) is 0 Å². The van der Waals surface area contributed by atoms with E-state index in [2.05, 4.69) is 11.9 Å². The fraction of sp³-hybridized carbons (Fsp3) is 0.250. The average molecular weight is 203 g/mol. The molecule has 0 aliphatic carbocycles. The number of nitrogens with zero attached hydrogens (tertiary/aromatic N) is 1. The van der Waals surface area contributed by atoms with E-state index in [-0.39, 0.29) is 5.75 Å². The molecule has 0 spiro atoms. The molecule has 78 valence electrons. The van der Waals surface area contributed by atoms with Gasteiger partial charge in [-0.05, 0) is 30.7 Å². The molecule has 0 aliphatic heterocycles. The maximum Gasteiger partial charge on any atom is 0.226 e. The highest BCUT2D eigenvalue weighted by Crippen LogP contribution is 2.21. The number of hydrogen-bond acceptors (Lipinski definition) is 3. The SMILES string of the molecule is CCCc1cnc(-c2ccc(O)cc2)o1. The summed E-state index contributed by atoms with van der Waals surface area (Å²) in [5.41, 5.74) is 0.884. The van der Waals surface area contributed by atoms with Gasteiger partial charge in [0.1, 0.15) is 11.5 Å².